The highest BCUT2D eigenvalue weighted by Gasteiger charge is 2.20. The van der Waals surface area contributed by atoms with Crippen LogP contribution in [0.4, 0.5) is 11.5 Å². The molecule has 0 spiro atoms. The number of pyridine rings is 1. The molecular formula is C34H37N5O5. The molecule has 0 atom stereocenters. The average molecular weight is 596 g/mol. The lowest BCUT2D eigenvalue weighted by atomic mass is 9.86. The monoisotopic (exact) mass is 595 g/mol. The van der Waals surface area contributed by atoms with Gasteiger partial charge in [0.2, 0.25) is 0 Å². The number of carbonyl (C=O) groups excluding carboxylic acids is 2. The molecular weight excluding hydrogens is 558 g/mol. The Morgan fingerprint density at radius 2 is 1.70 bits per heavy atom. The highest BCUT2D eigenvalue weighted by atomic mass is 16.5. The fraction of sp³-hybridized carbons (Fsp3) is 0.324. The lowest BCUT2D eigenvalue weighted by Gasteiger charge is -2.26. The fourth-order valence-electron chi connectivity index (χ4n) is 5.17. The van der Waals surface area contributed by atoms with Crippen molar-refractivity contribution >= 4 is 23.2 Å². The Labute approximate surface area is 256 Å². The van der Waals surface area contributed by atoms with Gasteiger partial charge in [-0.1, -0.05) is 63.2 Å². The number of Topliss-reactive ketones (excluding diaryl/α,β-unsaturated/α-hetero) is 1. The fourth-order valence-corrected chi connectivity index (χ4v) is 5.17. The van der Waals surface area contributed by atoms with Gasteiger partial charge in [0, 0.05) is 43.9 Å². The Bertz CT molecular complexity index is 1720. The molecule has 10 heteroatoms. The molecule has 0 bridgehead atoms. The highest BCUT2D eigenvalue weighted by Crippen LogP contribution is 2.28. The van der Waals surface area contributed by atoms with Crippen molar-refractivity contribution in [3.8, 4) is 11.3 Å². The van der Waals surface area contributed by atoms with E-state index < -0.39 is 0 Å². The molecule has 2 N–H and O–H groups in total. The number of benzene rings is 2. The molecule has 228 valence electrons. The summed E-state index contributed by atoms with van der Waals surface area (Å²) in [7, 11) is 1.54. The van der Waals surface area contributed by atoms with Crippen LogP contribution in [0, 0.1) is 0 Å². The van der Waals surface area contributed by atoms with Gasteiger partial charge in [0.25, 0.3) is 11.5 Å². The van der Waals surface area contributed by atoms with Crippen molar-refractivity contribution in [1.82, 2.24) is 19.7 Å². The van der Waals surface area contributed by atoms with E-state index in [0.717, 1.165) is 5.56 Å². The van der Waals surface area contributed by atoms with Gasteiger partial charge in [-0.15, -0.1) is 0 Å². The van der Waals surface area contributed by atoms with Crippen molar-refractivity contribution in [2.75, 3.05) is 31.6 Å². The van der Waals surface area contributed by atoms with E-state index in [1.165, 1.54) is 10.9 Å². The summed E-state index contributed by atoms with van der Waals surface area (Å²) in [5, 5.41) is 17.9. The van der Waals surface area contributed by atoms with Crippen LogP contribution in [0.5, 0.6) is 0 Å². The van der Waals surface area contributed by atoms with Crippen LogP contribution in [0.3, 0.4) is 0 Å². The van der Waals surface area contributed by atoms with Crippen molar-refractivity contribution in [2.24, 2.45) is 7.05 Å². The van der Waals surface area contributed by atoms with Gasteiger partial charge in [-0.3, -0.25) is 14.4 Å². The molecule has 10 nitrogen and oxygen atoms in total. The number of aliphatic hydroxyl groups is 1. The second kappa shape index (κ2) is 12.9. The predicted molar refractivity (Wildman–Crippen MR) is 168 cm³/mol. The number of aromatic nitrogens is 3. The molecule has 0 radical (unpaired) electrons. The molecule has 1 amide bonds. The number of rotatable bonds is 8. The van der Waals surface area contributed by atoms with Crippen molar-refractivity contribution in [3.63, 3.8) is 0 Å². The molecule has 3 heterocycles. The number of aryl methyl sites for hydroxylation is 1. The lowest BCUT2D eigenvalue weighted by Crippen LogP contribution is -2.40. The number of morpholine rings is 1. The van der Waals surface area contributed by atoms with Crippen LogP contribution in [-0.2, 0) is 30.2 Å². The van der Waals surface area contributed by atoms with E-state index in [9.17, 15) is 19.5 Å². The summed E-state index contributed by atoms with van der Waals surface area (Å²) < 4.78 is 6.53. The molecule has 1 fully saturated rings. The molecule has 0 aliphatic carbocycles. The van der Waals surface area contributed by atoms with Crippen LogP contribution < -0.4 is 10.9 Å². The number of hydrogen-bond donors (Lipinski definition) is 2. The van der Waals surface area contributed by atoms with Crippen LogP contribution in [-0.4, -0.2) is 62.8 Å². The van der Waals surface area contributed by atoms with Gasteiger partial charge in [-0.25, -0.2) is 9.67 Å². The zero-order valence-corrected chi connectivity index (χ0v) is 25.5. The molecule has 5 rings (SSSR count). The summed E-state index contributed by atoms with van der Waals surface area (Å²) in [6.07, 6.45) is 1.59. The van der Waals surface area contributed by atoms with Gasteiger partial charge in [0.05, 0.1) is 31.1 Å². The van der Waals surface area contributed by atoms with Crippen LogP contribution in [0.15, 0.2) is 71.7 Å². The molecule has 0 saturated carbocycles. The second-order valence-electron chi connectivity index (χ2n) is 11.9. The summed E-state index contributed by atoms with van der Waals surface area (Å²) in [5.41, 5.74) is 4.33. The van der Waals surface area contributed by atoms with Gasteiger partial charge < -0.3 is 20.1 Å². The van der Waals surface area contributed by atoms with Crippen LogP contribution in [0.1, 0.15) is 58.2 Å². The zero-order valence-electron chi connectivity index (χ0n) is 25.5. The SMILES string of the molecule is Cn1nc(-c2cccc(CC(=O)c3ccc(C(C)(C)C)cc3)c2CO)cc(Nc2ccc(C(=O)N3CCOCC3)cn2)c1=O. The smallest absolute Gasteiger partial charge is 0.290 e. The normalized spacial score (nSPS) is 13.5. The molecule has 2 aromatic heterocycles. The van der Waals surface area contributed by atoms with E-state index >= 15 is 0 Å². The van der Waals surface area contributed by atoms with Gasteiger partial charge in [0.1, 0.15) is 11.5 Å². The first-order valence-electron chi connectivity index (χ1n) is 14.6. The third kappa shape index (κ3) is 6.77. The van der Waals surface area contributed by atoms with E-state index in [0.29, 0.717) is 65.6 Å². The Hall–Kier alpha value is -4.67. The number of amides is 1. The molecule has 44 heavy (non-hydrogen) atoms. The number of anilines is 2. The molecule has 4 aromatic rings. The van der Waals surface area contributed by atoms with E-state index in [2.05, 4.69) is 36.2 Å². The Kier molecular flexibility index (Phi) is 9.03. The molecule has 2 aromatic carbocycles. The summed E-state index contributed by atoms with van der Waals surface area (Å²) in [5.74, 6) is 0.206. The molecule has 0 unspecified atom stereocenters. The number of nitrogens with one attached hydrogen (secondary N) is 1. The summed E-state index contributed by atoms with van der Waals surface area (Å²) in [6.45, 7) is 8.14. The van der Waals surface area contributed by atoms with E-state index in [1.807, 2.05) is 36.4 Å². The number of ketones is 1. The zero-order chi connectivity index (χ0) is 31.4. The van der Waals surface area contributed by atoms with Crippen molar-refractivity contribution < 1.29 is 19.4 Å². The van der Waals surface area contributed by atoms with Crippen LogP contribution >= 0.6 is 0 Å². The van der Waals surface area contributed by atoms with Gasteiger partial charge in [0.15, 0.2) is 5.78 Å². The van der Waals surface area contributed by atoms with Crippen molar-refractivity contribution in [2.45, 2.75) is 39.2 Å². The Balaban J connectivity index is 1.38. The molecule has 1 aliphatic rings. The number of carbonyl (C=O) groups is 2. The third-order valence-electron chi connectivity index (χ3n) is 7.77. The second-order valence-corrected chi connectivity index (χ2v) is 11.9. The minimum Gasteiger partial charge on any atom is -0.392 e. The minimum absolute atomic E-state index is 0.0158. The minimum atomic E-state index is -0.375. The van der Waals surface area contributed by atoms with Crippen molar-refractivity contribution in [3.05, 3.63) is 105 Å². The first kappa shape index (κ1) is 30.8. The summed E-state index contributed by atoms with van der Waals surface area (Å²) in [4.78, 5) is 45.0. The maximum absolute atomic E-state index is 13.2. The maximum atomic E-state index is 13.2. The van der Waals surface area contributed by atoms with Crippen molar-refractivity contribution in [1.29, 1.82) is 0 Å². The lowest BCUT2D eigenvalue weighted by molar-refractivity contribution is 0.0302. The van der Waals surface area contributed by atoms with Gasteiger partial charge >= 0.3 is 0 Å². The maximum Gasteiger partial charge on any atom is 0.290 e. The van der Waals surface area contributed by atoms with E-state index in [4.69, 9.17) is 4.74 Å². The number of hydrogen-bond acceptors (Lipinski definition) is 8. The predicted octanol–water partition coefficient (Wildman–Crippen LogP) is 4.27. The third-order valence-corrected chi connectivity index (χ3v) is 7.77. The highest BCUT2D eigenvalue weighted by molar-refractivity contribution is 5.98. The summed E-state index contributed by atoms with van der Waals surface area (Å²) >= 11 is 0. The molecule has 1 aliphatic heterocycles. The van der Waals surface area contributed by atoms with Gasteiger partial charge in [-0.05, 0) is 40.3 Å². The topological polar surface area (TPSA) is 127 Å². The number of aliphatic hydroxyl groups excluding tert-OH is 1. The first-order chi connectivity index (χ1) is 21.0. The quantitative estimate of drug-likeness (QED) is 0.289. The first-order valence-corrected chi connectivity index (χ1v) is 14.6. The largest absolute Gasteiger partial charge is 0.392 e. The van der Waals surface area contributed by atoms with Crippen LogP contribution in [0.2, 0.25) is 0 Å². The number of nitrogens with zero attached hydrogens (tertiary/aromatic N) is 4. The standard InChI is InChI=1S/C34H37N5O5/c1-34(2,3)25-11-8-22(9-12-25)30(41)18-23-6-5-7-26(27(23)21-40)28-19-29(33(43)38(4)37-28)36-31-13-10-24(20-35-31)32(42)39-14-16-44-17-15-39/h5-13,19-20,40H,14-18,21H2,1-4H3,(H,35,36). The summed E-state index contributed by atoms with van der Waals surface area (Å²) in [6, 6.07) is 18.0. The Morgan fingerprint density at radius 1 is 1.00 bits per heavy atom. The number of ether oxygens (including phenoxy) is 1. The van der Waals surface area contributed by atoms with E-state index in [-0.39, 0.29) is 41.4 Å². The van der Waals surface area contributed by atoms with E-state index in [1.54, 1.807) is 36.2 Å². The Morgan fingerprint density at radius 3 is 2.34 bits per heavy atom. The average Bonchev–Trinajstić information content (AvgIpc) is 3.03. The molecule has 1 saturated heterocycles. The van der Waals surface area contributed by atoms with Gasteiger partial charge in [-0.2, -0.15) is 5.10 Å². The van der Waals surface area contributed by atoms with Crippen LogP contribution in [0.25, 0.3) is 11.3 Å².